The van der Waals surface area contributed by atoms with Gasteiger partial charge >= 0.3 is 0 Å². The van der Waals surface area contributed by atoms with Crippen molar-refractivity contribution in [3.63, 3.8) is 0 Å². The Balaban J connectivity index is 2.60. The van der Waals surface area contributed by atoms with E-state index in [4.69, 9.17) is 0 Å². The highest BCUT2D eigenvalue weighted by Crippen LogP contribution is 2.26. The van der Waals surface area contributed by atoms with Crippen LogP contribution in [0, 0.1) is 11.8 Å². The van der Waals surface area contributed by atoms with Crippen molar-refractivity contribution in [3.8, 4) is 0 Å². The summed E-state index contributed by atoms with van der Waals surface area (Å²) < 4.78 is 0. The summed E-state index contributed by atoms with van der Waals surface area (Å²) >= 11 is 0. The first-order chi connectivity index (χ1) is 7.02. The van der Waals surface area contributed by atoms with Crippen LogP contribution in [0.3, 0.4) is 0 Å². The van der Waals surface area contributed by atoms with E-state index in [-0.39, 0.29) is 0 Å². The van der Waals surface area contributed by atoms with Crippen LogP contribution in [0.25, 0.3) is 0 Å². The smallest absolute Gasteiger partial charge is 0.185 e. The largest absolute Gasteiger partial charge is 0.294 e. The van der Waals surface area contributed by atoms with Gasteiger partial charge in [0.2, 0.25) is 0 Å². The number of ketones is 1. The number of carbonyl (C=O) groups is 1. The summed E-state index contributed by atoms with van der Waals surface area (Å²) in [6, 6.07) is 0. The molecule has 0 aliphatic carbocycles. The van der Waals surface area contributed by atoms with Gasteiger partial charge in [-0.25, -0.2) is 0 Å². The molecule has 15 heavy (non-hydrogen) atoms. The predicted octanol–water partition coefficient (Wildman–Crippen LogP) is 3.04. The Labute approximate surface area is 97.4 Å². The molecule has 0 aromatic heterocycles. The van der Waals surface area contributed by atoms with E-state index < -0.39 is 0 Å². The molecule has 1 unspecified atom stereocenters. The predicted molar refractivity (Wildman–Crippen MR) is 69.4 cm³/mol. The summed E-state index contributed by atoms with van der Waals surface area (Å²) in [7, 11) is 0.409. The summed E-state index contributed by atoms with van der Waals surface area (Å²) in [6.07, 6.45) is 3.48. The average molecular weight is 229 g/mol. The highest BCUT2D eigenvalue weighted by molar-refractivity contribution is 7.98. The Kier molecular flexibility index (Phi) is 5.17. The molecule has 1 heterocycles. The van der Waals surface area contributed by atoms with E-state index in [0.717, 1.165) is 6.42 Å². The van der Waals surface area contributed by atoms with Gasteiger partial charge in [-0.1, -0.05) is 27.7 Å². The maximum atomic E-state index is 12.2. The van der Waals surface area contributed by atoms with Crippen molar-refractivity contribution < 1.29 is 4.79 Å². The molecule has 2 heteroatoms. The number of rotatable bonds is 5. The van der Waals surface area contributed by atoms with Crippen molar-refractivity contribution in [1.82, 2.24) is 0 Å². The normalized spacial score (nSPS) is 20.1. The number of hydrogen-bond acceptors (Lipinski definition) is 1. The van der Waals surface area contributed by atoms with E-state index in [0.29, 0.717) is 33.8 Å². The maximum absolute atomic E-state index is 12.2. The summed E-state index contributed by atoms with van der Waals surface area (Å²) in [6.45, 7) is 8.72. The van der Waals surface area contributed by atoms with Crippen LogP contribution in [0.1, 0.15) is 47.0 Å². The third-order valence-electron chi connectivity index (χ3n) is 2.95. The van der Waals surface area contributed by atoms with E-state index >= 15 is 0 Å². The van der Waals surface area contributed by atoms with E-state index in [1.54, 1.807) is 0 Å². The van der Waals surface area contributed by atoms with E-state index in [2.05, 4.69) is 27.7 Å². The lowest BCUT2D eigenvalue weighted by atomic mass is 9.99. The van der Waals surface area contributed by atoms with Crippen molar-refractivity contribution in [3.05, 3.63) is 0 Å². The maximum Gasteiger partial charge on any atom is 0.185 e. The summed E-state index contributed by atoms with van der Waals surface area (Å²) in [5.74, 6) is 4.21. The number of Topliss-reactive ketones (excluding diaryl/α,β-unsaturated/α-hetero) is 1. The molecule has 0 N–H and O–H groups in total. The van der Waals surface area contributed by atoms with Gasteiger partial charge in [0.15, 0.2) is 11.0 Å². The van der Waals surface area contributed by atoms with Crippen molar-refractivity contribution in [2.24, 2.45) is 11.8 Å². The molecule has 0 spiro atoms. The third kappa shape index (κ3) is 3.82. The molecule has 1 nitrogen and oxygen atoms in total. The average Bonchev–Trinajstić information content (AvgIpc) is 2.54. The summed E-state index contributed by atoms with van der Waals surface area (Å²) in [4.78, 5) is 12.2. The van der Waals surface area contributed by atoms with Crippen LogP contribution in [0.4, 0.5) is 0 Å². The van der Waals surface area contributed by atoms with E-state index in [1.165, 1.54) is 24.3 Å². The van der Waals surface area contributed by atoms with Crippen LogP contribution in [0.5, 0.6) is 0 Å². The Bertz CT molecular complexity index is 205. The molecule has 0 radical (unpaired) electrons. The minimum Gasteiger partial charge on any atom is -0.294 e. The molecule has 0 aromatic rings. The van der Waals surface area contributed by atoms with Gasteiger partial charge in [-0.05, 0) is 29.7 Å². The highest BCUT2D eigenvalue weighted by atomic mass is 32.2. The van der Waals surface area contributed by atoms with Crippen LogP contribution in [-0.4, -0.2) is 22.5 Å². The van der Waals surface area contributed by atoms with Crippen LogP contribution in [0.2, 0.25) is 0 Å². The molecular formula is C13H25OS+. The quantitative estimate of drug-likeness (QED) is 0.662. The fourth-order valence-corrected chi connectivity index (χ4v) is 5.49. The molecule has 1 aliphatic rings. The standard InChI is InChI=1S/C13H25OS/c1-10(2)9-12(14)13(11(3)4)15-7-5-6-8-15/h10-11,13H,5-9H2,1-4H3/q+1. The summed E-state index contributed by atoms with van der Waals surface area (Å²) in [5.41, 5.74) is 0. The highest BCUT2D eigenvalue weighted by Gasteiger charge is 2.40. The Morgan fingerprint density at radius 3 is 2.07 bits per heavy atom. The van der Waals surface area contributed by atoms with Gasteiger partial charge in [0.25, 0.3) is 0 Å². The van der Waals surface area contributed by atoms with E-state index in [1.807, 2.05) is 0 Å². The summed E-state index contributed by atoms with van der Waals surface area (Å²) in [5, 5.41) is 0.370. The second-order valence-corrected chi connectivity index (χ2v) is 7.78. The molecule has 0 aromatic carbocycles. The minimum absolute atomic E-state index is 0.370. The fraction of sp³-hybridized carbons (Fsp3) is 0.923. The van der Waals surface area contributed by atoms with Crippen molar-refractivity contribution in [2.45, 2.75) is 52.2 Å². The molecular weight excluding hydrogens is 204 g/mol. The fourth-order valence-electron chi connectivity index (χ4n) is 2.39. The second kappa shape index (κ2) is 5.93. The van der Waals surface area contributed by atoms with Crippen molar-refractivity contribution in [1.29, 1.82) is 0 Å². The van der Waals surface area contributed by atoms with Crippen molar-refractivity contribution in [2.75, 3.05) is 11.5 Å². The molecule has 0 saturated carbocycles. The molecule has 1 aliphatic heterocycles. The van der Waals surface area contributed by atoms with Crippen LogP contribution in [0.15, 0.2) is 0 Å². The Morgan fingerprint density at radius 1 is 1.13 bits per heavy atom. The first kappa shape index (κ1) is 13.1. The van der Waals surface area contributed by atoms with Gasteiger partial charge in [0, 0.05) is 12.3 Å². The van der Waals surface area contributed by atoms with Gasteiger partial charge in [-0.2, -0.15) is 0 Å². The Hall–Kier alpha value is 0.0200. The van der Waals surface area contributed by atoms with Gasteiger partial charge in [0.1, 0.15) is 11.5 Å². The van der Waals surface area contributed by atoms with Gasteiger partial charge in [-0.3, -0.25) is 4.79 Å². The topological polar surface area (TPSA) is 17.1 Å². The van der Waals surface area contributed by atoms with Crippen molar-refractivity contribution >= 4 is 16.7 Å². The van der Waals surface area contributed by atoms with Crippen LogP contribution >= 0.6 is 0 Å². The number of carbonyl (C=O) groups excluding carboxylic acids is 1. The van der Waals surface area contributed by atoms with Gasteiger partial charge < -0.3 is 0 Å². The lowest BCUT2D eigenvalue weighted by Crippen LogP contribution is -2.36. The first-order valence-electron chi connectivity index (χ1n) is 6.21. The number of hydrogen-bond donors (Lipinski definition) is 0. The van der Waals surface area contributed by atoms with Crippen LogP contribution < -0.4 is 0 Å². The van der Waals surface area contributed by atoms with E-state index in [9.17, 15) is 4.79 Å². The lowest BCUT2D eigenvalue weighted by Gasteiger charge is -2.19. The molecule has 1 fully saturated rings. The monoisotopic (exact) mass is 229 g/mol. The molecule has 0 amide bonds. The molecule has 0 bridgehead atoms. The first-order valence-corrected chi connectivity index (χ1v) is 7.84. The lowest BCUT2D eigenvalue weighted by molar-refractivity contribution is -0.119. The zero-order valence-electron chi connectivity index (χ0n) is 10.6. The molecule has 1 saturated heterocycles. The molecule has 88 valence electrons. The third-order valence-corrected chi connectivity index (χ3v) is 6.11. The van der Waals surface area contributed by atoms with Gasteiger partial charge in [-0.15, -0.1) is 0 Å². The molecule has 1 atom stereocenters. The Morgan fingerprint density at radius 2 is 1.67 bits per heavy atom. The SMILES string of the molecule is CC(C)CC(=O)C(C(C)C)[S+]1CCCC1. The zero-order valence-corrected chi connectivity index (χ0v) is 11.4. The van der Waals surface area contributed by atoms with Gasteiger partial charge in [0.05, 0.1) is 0 Å². The zero-order chi connectivity index (χ0) is 11.4. The minimum atomic E-state index is 0.370. The molecule has 1 rings (SSSR count). The second-order valence-electron chi connectivity index (χ2n) is 5.38. The van der Waals surface area contributed by atoms with Crippen LogP contribution in [-0.2, 0) is 15.7 Å².